The molecule has 1 atom stereocenters. The van der Waals surface area contributed by atoms with Gasteiger partial charge in [0, 0.05) is 31.0 Å². The fraction of sp³-hybridized carbons (Fsp3) is 0.238. The Morgan fingerprint density at radius 2 is 1.82 bits per heavy atom. The Balaban J connectivity index is 1.91. The first-order valence-corrected chi connectivity index (χ1v) is 9.66. The molecule has 28 heavy (non-hydrogen) atoms. The number of aromatic nitrogens is 1. The van der Waals surface area contributed by atoms with E-state index in [1.54, 1.807) is 36.8 Å². The minimum Gasteiger partial charge on any atom is -0.497 e. The monoisotopic (exact) mass is 396 g/mol. The van der Waals surface area contributed by atoms with Gasteiger partial charge in [0.2, 0.25) is 5.91 Å². The fourth-order valence-corrected chi connectivity index (χ4v) is 4.73. The SMILES string of the molecule is COc1cccc(N2C(=O)C[C@@H](c3ccccc3OC)c3sc(=O)n(C)c32)c1. The minimum atomic E-state index is -0.223. The third-order valence-corrected chi connectivity index (χ3v) is 6.13. The molecule has 0 saturated heterocycles. The second kappa shape index (κ2) is 7.16. The molecule has 0 saturated carbocycles. The van der Waals surface area contributed by atoms with Crippen LogP contribution in [0.15, 0.2) is 53.3 Å². The minimum absolute atomic E-state index is 0.0786. The summed E-state index contributed by atoms with van der Waals surface area (Å²) in [7, 11) is 4.89. The van der Waals surface area contributed by atoms with E-state index >= 15 is 0 Å². The quantitative estimate of drug-likeness (QED) is 0.675. The van der Waals surface area contributed by atoms with Crippen LogP contribution in [0.1, 0.15) is 22.8 Å². The lowest BCUT2D eigenvalue weighted by molar-refractivity contribution is -0.118. The number of hydrogen-bond donors (Lipinski definition) is 0. The molecule has 7 heteroatoms. The van der Waals surface area contributed by atoms with Gasteiger partial charge in [-0.15, -0.1) is 0 Å². The largest absolute Gasteiger partial charge is 0.497 e. The third kappa shape index (κ3) is 2.88. The van der Waals surface area contributed by atoms with E-state index in [9.17, 15) is 9.59 Å². The highest BCUT2D eigenvalue weighted by molar-refractivity contribution is 7.10. The molecule has 0 bridgehead atoms. The average molecular weight is 396 g/mol. The number of hydrogen-bond acceptors (Lipinski definition) is 5. The zero-order chi connectivity index (χ0) is 19.8. The fourth-order valence-electron chi connectivity index (χ4n) is 3.65. The Morgan fingerprint density at radius 1 is 1.04 bits per heavy atom. The van der Waals surface area contributed by atoms with Gasteiger partial charge in [-0.05, 0) is 18.2 Å². The molecular formula is C21H20N2O4S. The van der Waals surface area contributed by atoms with Crippen LogP contribution in [-0.4, -0.2) is 24.7 Å². The highest BCUT2D eigenvalue weighted by atomic mass is 32.1. The van der Waals surface area contributed by atoms with Crippen LogP contribution in [0.5, 0.6) is 11.5 Å². The summed E-state index contributed by atoms with van der Waals surface area (Å²) in [5, 5.41) is 0. The van der Waals surface area contributed by atoms with E-state index in [2.05, 4.69) is 0 Å². The zero-order valence-electron chi connectivity index (χ0n) is 15.8. The van der Waals surface area contributed by atoms with Gasteiger partial charge in [0.25, 0.3) is 0 Å². The Bertz CT molecular complexity index is 1100. The smallest absolute Gasteiger partial charge is 0.308 e. The van der Waals surface area contributed by atoms with E-state index in [0.717, 1.165) is 10.4 Å². The van der Waals surface area contributed by atoms with Crippen LogP contribution in [0.3, 0.4) is 0 Å². The molecule has 1 aliphatic rings. The van der Waals surface area contributed by atoms with Crippen molar-refractivity contribution in [3.05, 3.63) is 68.6 Å². The number of anilines is 2. The molecule has 0 aliphatic carbocycles. The van der Waals surface area contributed by atoms with Gasteiger partial charge in [0.15, 0.2) is 0 Å². The van der Waals surface area contributed by atoms with Crippen molar-refractivity contribution in [3.8, 4) is 11.5 Å². The molecule has 1 amide bonds. The number of carbonyl (C=O) groups is 1. The highest BCUT2D eigenvalue weighted by Crippen LogP contribution is 2.46. The number of methoxy groups -OCH3 is 2. The maximum atomic E-state index is 13.2. The maximum absolute atomic E-state index is 13.2. The van der Waals surface area contributed by atoms with E-state index in [1.807, 2.05) is 42.5 Å². The van der Waals surface area contributed by atoms with Crippen molar-refractivity contribution in [3.63, 3.8) is 0 Å². The molecule has 2 heterocycles. The number of benzene rings is 2. The van der Waals surface area contributed by atoms with Crippen molar-refractivity contribution < 1.29 is 14.3 Å². The summed E-state index contributed by atoms with van der Waals surface area (Å²) in [5.74, 6) is 1.67. The van der Waals surface area contributed by atoms with E-state index in [-0.39, 0.29) is 23.1 Å². The van der Waals surface area contributed by atoms with Crippen LogP contribution < -0.4 is 19.2 Å². The lowest BCUT2D eigenvalue weighted by Gasteiger charge is -2.32. The number of carbonyl (C=O) groups excluding carboxylic acids is 1. The summed E-state index contributed by atoms with van der Waals surface area (Å²) < 4.78 is 12.4. The first kappa shape index (κ1) is 18.3. The van der Waals surface area contributed by atoms with Gasteiger partial charge < -0.3 is 9.47 Å². The van der Waals surface area contributed by atoms with Gasteiger partial charge in [0.1, 0.15) is 17.3 Å². The molecule has 3 aromatic rings. The Kier molecular flexibility index (Phi) is 4.68. The van der Waals surface area contributed by atoms with Crippen molar-refractivity contribution in [1.82, 2.24) is 4.57 Å². The lowest BCUT2D eigenvalue weighted by atomic mass is 9.89. The summed E-state index contributed by atoms with van der Waals surface area (Å²) >= 11 is 1.18. The molecule has 0 fully saturated rings. The molecule has 4 rings (SSSR count). The molecule has 2 aromatic carbocycles. The Labute approximate surface area is 166 Å². The van der Waals surface area contributed by atoms with Crippen LogP contribution >= 0.6 is 11.3 Å². The molecule has 1 aromatic heterocycles. The second-order valence-corrected chi connectivity index (χ2v) is 7.54. The molecule has 1 aliphatic heterocycles. The van der Waals surface area contributed by atoms with Crippen molar-refractivity contribution >= 4 is 28.7 Å². The average Bonchev–Trinajstić information content (AvgIpc) is 3.02. The normalized spacial score (nSPS) is 16.0. The molecule has 0 unspecified atom stereocenters. The van der Waals surface area contributed by atoms with Crippen LogP contribution in [0.4, 0.5) is 11.5 Å². The van der Waals surface area contributed by atoms with Gasteiger partial charge >= 0.3 is 4.87 Å². The van der Waals surface area contributed by atoms with Crippen LogP contribution in [0, 0.1) is 0 Å². The Morgan fingerprint density at radius 3 is 2.57 bits per heavy atom. The topological polar surface area (TPSA) is 60.8 Å². The second-order valence-electron chi connectivity index (χ2n) is 6.54. The number of nitrogens with zero attached hydrogens (tertiary/aromatic N) is 2. The van der Waals surface area contributed by atoms with E-state index in [4.69, 9.17) is 9.47 Å². The first-order valence-electron chi connectivity index (χ1n) is 8.84. The van der Waals surface area contributed by atoms with Gasteiger partial charge in [-0.1, -0.05) is 35.6 Å². The number of para-hydroxylation sites is 1. The molecule has 6 nitrogen and oxygen atoms in total. The van der Waals surface area contributed by atoms with Gasteiger partial charge in [-0.3, -0.25) is 19.1 Å². The molecule has 144 valence electrons. The van der Waals surface area contributed by atoms with Gasteiger partial charge in [0.05, 0.1) is 24.8 Å². The van der Waals surface area contributed by atoms with Crippen molar-refractivity contribution in [1.29, 1.82) is 0 Å². The number of amides is 1. The molecule has 0 N–H and O–H groups in total. The summed E-state index contributed by atoms with van der Waals surface area (Å²) in [6, 6.07) is 14.9. The molecular weight excluding hydrogens is 376 g/mol. The van der Waals surface area contributed by atoms with E-state index < -0.39 is 0 Å². The summed E-state index contributed by atoms with van der Waals surface area (Å²) in [4.78, 5) is 28.1. The summed E-state index contributed by atoms with van der Waals surface area (Å²) in [6.45, 7) is 0. The lowest BCUT2D eigenvalue weighted by Crippen LogP contribution is -2.34. The van der Waals surface area contributed by atoms with E-state index in [1.165, 1.54) is 11.3 Å². The number of ether oxygens (including phenoxy) is 2. The van der Waals surface area contributed by atoms with Crippen molar-refractivity contribution in [2.75, 3.05) is 19.1 Å². The predicted molar refractivity (Wildman–Crippen MR) is 109 cm³/mol. The third-order valence-electron chi connectivity index (χ3n) is 4.99. The number of thiazole rings is 1. The number of fused-ring (bicyclic) bond motifs is 1. The van der Waals surface area contributed by atoms with Gasteiger partial charge in [-0.2, -0.15) is 0 Å². The highest BCUT2D eigenvalue weighted by Gasteiger charge is 2.38. The van der Waals surface area contributed by atoms with Crippen LogP contribution in [-0.2, 0) is 11.8 Å². The van der Waals surface area contributed by atoms with Crippen LogP contribution in [0.2, 0.25) is 0 Å². The Hall–Kier alpha value is -3.06. The van der Waals surface area contributed by atoms with Crippen molar-refractivity contribution in [2.24, 2.45) is 7.05 Å². The predicted octanol–water partition coefficient (Wildman–Crippen LogP) is 3.66. The van der Waals surface area contributed by atoms with E-state index in [0.29, 0.717) is 23.0 Å². The van der Waals surface area contributed by atoms with Crippen LogP contribution in [0.25, 0.3) is 0 Å². The zero-order valence-corrected chi connectivity index (χ0v) is 16.7. The standard InChI is InChI=1S/C21H20N2O4S/c1-22-20-19(28-21(22)25)16(15-9-4-5-10-17(15)27-3)12-18(24)23(20)13-7-6-8-14(11-13)26-2/h4-11,16H,12H2,1-3H3/t16-/m0/s1. The number of rotatable bonds is 4. The van der Waals surface area contributed by atoms with Gasteiger partial charge in [-0.25, -0.2) is 0 Å². The maximum Gasteiger partial charge on any atom is 0.308 e. The first-order chi connectivity index (χ1) is 13.5. The summed E-state index contributed by atoms with van der Waals surface area (Å²) in [5.41, 5.74) is 1.59. The molecule has 0 radical (unpaired) electrons. The summed E-state index contributed by atoms with van der Waals surface area (Å²) in [6.07, 6.45) is 0.255. The van der Waals surface area contributed by atoms with Crippen molar-refractivity contribution in [2.45, 2.75) is 12.3 Å². The molecule has 0 spiro atoms.